The third kappa shape index (κ3) is 3.22. The molecule has 3 nitrogen and oxygen atoms in total. The summed E-state index contributed by atoms with van der Waals surface area (Å²) in [6, 6.07) is 0.336. The predicted molar refractivity (Wildman–Crippen MR) is 48.9 cm³/mol. The lowest BCUT2D eigenvalue weighted by atomic mass is 10.00. The molecule has 0 aromatic carbocycles. The maximum absolute atomic E-state index is 10.1. The van der Waals surface area contributed by atoms with Gasteiger partial charge in [-0.1, -0.05) is 0 Å². The van der Waals surface area contributed by atoms with Crippen molar-refractivity contribution in [3.05, 3.63) is 0 Å². The summed E-state index contributed by atoms with van der Waals surface area (Å²) in [6.45, 7) is 4.38. The van der Waals surface area contributed by atoms with E-state index < -0.39 is 0 Å². The van der Waals surface area contributed by atoms with Gasteiger partial charge in [-0.25, -0.2) is 0 Å². The van der Waals surface area contributed by atoms with Crippen molar-refractivity contribution in [2.45, 2.75) is 32.2 Å². The third-order valence-corrected chi connectivity index (χ3v) is 2.52. The molecule has 0 radical (unpaired) electrons. The largest absolute Gasteiger partial charge is 0.356 e. The molecule has 0 aromatic heterocycles. The summed E-state index contributed by atoms with van der Waals surface area (Å²) in [5, 5.41) is 6.11. The zero-order valence-corrected chi connectivity index (χ0v) is 7.68. The monoisotopic (exact) mass is 170 g/mol. The van der Waals surface area contributed by atoms with Crippen LogP contribution >= 0.6 is 0 Å². The smallest absolute Gasteiger partial charge is 0.207 e. The van der Waals surface area contributed by atoms with Gasteiger partial charge in [-0.15, -0.1) is 0 Å². The minimum absolute atomic E-state index is 0.336. The van der Waals surface area contributed by atoms with Crippen molar-refractivity contribution in [2.24, 2.45) is 5.92 Å². The molecule has 2 atom stereocenters. The minimum Gasteiger partial charge on any atom is -0.356 e. The molecule has 1 saturated heterocycles. The van der Waals surface area contributed by atoms with Gasteiger partial charge in [-0.2, -0.15) is 0 Å². The van der Waals surface area contributed by atoms with Crippen molar-refractivity contribution in [1.29, 1.82) is 0 Å². The van der Waals surface area contributed by atoms with E-state index in [9.17, 15) is 4.79 Å². The number of nitrogens with one attached hydrogen (secondary N) is 2. The minimum atomic E-state index is 0.336. The normalized spacial score (nSPS) is 25.2. The van der Waals surface area contributed by atoms with Gasteiger partial charge in [0, 0.05) is 6.04 Å². The molecule has 1 heterocycles. The summed E-state index contributed by atoms with van der Waals surface area (Å²) in [5.41, 5.74) is 0. The van der Waals surface area contributed by atoms with E-state index in [4.69, 9.17) is 0 Å². The topological polar surface area (TPSA) is 41.1 Å². The molecule has 70 valence electrons. The second-order valence-corrected chi connectivity index (χ2v) is 3.62. The SMILES string of the molecule is CC(CCC1CCNC1)NC=O. The molecular weight excluding hydrogens is 152 g/mol. The van der Waals surface area contributed by atoms with Crippen LogP contribution in [0.1, 0.15) is 26.2 Å². The van der Waals surface area contributed by atoms with E-state index in [1.165, 1.54) is 19.4 Å². The summed E-state index contributed by atoms with van der Waals surface area (Å²) in [7, 11) is 0. The molecule has 3 heteroatoms. The molecule has 0 aliphatic carbocycles. The number of hydrogen-bond donors (Lipinski definition) is 2. The van der Waals surface area contributed by atoms with E-state index in [1.54, 1.807) is 0 Å². The van der Waals surface area contributed by atoms with Gasteiger partial charge >= 0.3 is 0 Å². The number of hydrogen-bond acceptors (Lipinski definition) is 2. The first-order valence-electron chi connectivity index (χ1n) is 4.73. The van der Waals surface area contributed by atoms with Gasteiger partial charge in [0.2, 0.25) is 6.41 Å². The highest BCUT2D eigenvalue weighted by atomic mass is 16.1. The molecule has 1 fully saturated rings. The fourth-order valence-electron chi connectivity index (χ4n) is 1.65. The molecule has 0 spiro atoms. The Morgan fingerprint density at radius 2 is 2.58 bits per heavy atom. The zero-order chi connectivity index (χ0) is 8.81. The molecule has 1 aliphatic rings. The van der Waals surface area contributed by atoms with Gasteiger partial charge in [0.25, 0.3) is 0 Å². The number of carbonyl (C=O) groups is 1. The second-order valence-electron chi connectivity index (χ2n) is 3.62. The summed E-state index contributed by atoms with van der Waals surface area (Å²) in [6.07, 6.45) is 4.42. The zero-order valence-electron chi connectivity index (χ0n) is 7.68. The lowest BCUT2D eigenvalue weighted by Crippen LogP contribution is -2.25. The Hall–Kier alpha value is -0.570. The summed E-state index contributed by atoms with van der Waals surface area (Å²) < 4.78 is 0. The quantitative estimate of drug-likeness (QED) is 0.590. The summed E-state index contributed by atoms with van der Waals surface area (Å²) in [5.74, 6) is 0.834. The molecule has 0 saturated carbocycles. The highest BCUT2D eigenvalue weighted by Crippen LogP contribution is 2.15. The Morgan fingerprint density at radius 3 is 3.17 bits per heavy atom. The second kappa shape index (κ2) is 5.14. The van der Waals surface area contributed by atoms with Gasteiger partial charge in [0.05, 0.1) is 0 Å². The molecule has 1 aliphatic heterocycles. The van der Waals surface area contributed by atoms with Crippen LogP contribution in [0.3, 0.4) is 0 Å². The van der Waals surface area contributed by atoms with Crippen LogP contribution in [0, 0.1) is 5.92 Å². The average Bonchev–Trinajstić information content (AvgIpc) is 2.53. The number of amides is 1. The van der Waals surface area contributed by atoms with E-state index in [1.807, 2.05) is 0 Å². The van der Waals surface area contributed by atoms with Gasteiger partial charge < -0.3 is 10.6 Å². The van der Waals surface area contributed by atoms with E-state index >= 15 is 0 Å². The lowest BCUT2D eigenvalue weighted by molar-refractivity contribution is -0.110. The average molecular weight is 170 g/mol. The van der Waals surface area contributed by atoms with Crippen molar-refractivity contribution in [3.8, 4) is 0 Å². The van der Waals surface area contributed by atoms with Crippen LogP contribution in [0.2, 0.25) is 0 Å². The molecule has 2 unspecified atom stereocenters. The lowest BCUT2D eigenvalue weighted by Gasteiger charge is -2.12. The van der Waals surface area contributed by atoms with Crippen LogP contribution in [0.4, 0.5) is 0 Å². The van der Waals surface area contributed by atoms with Gasteiger partial charge in [0.15, 0.2) is 0 Å². The first kappa shape index (κ1) is 9.52. The van der Waals surface area contributed by atoms with E-state index in [2.05, 4.69) is 17.6 Å². The molecule has 0 bridgehead atoms. The molecule has 1 rings (SSSR count). The predicted octanol–water partition coefficient (Wildman–Crippen LogP) is 0.511. The fourth-order valence-corrected chi connectivity index (χ4v) is 1.65. The maximum Gasteiger partial charge on any atom is 0.207 e. The van der Waals surface area contributed by atoms with E-state index in [0.29, 0.717) is 6.04 Å². The highest BCUT2D eigenvalue weighted by molar-refractivity contribution is 5.46. The van der Waals surface area contributed by atoms with Crippen molar-refractivity contribution in [2.75, 3.05) is 13.1 Å². The van der Waals surface area contributed by atoms with Crippen molar-refractivity contribution >= 4 is 6.41 Å². The molecule has 0 aromatic rings. The molecular formula is C9H18N2O. The summed E-state index contributed by atoms with van der Waals surface area (Å²) in [4.78, 5) is 10.1. The van der Waals surface area contributed by atoms with Crippen molar-refractivity contribution in [1.82, 2.24) is 10.6 Å². The van der Waals surface area contributed by atoms with E-state index in [0.717, 1.165) is 25.3 Å². The Labute approximate surface area is 73.9 Å². The molecule has 2 N–H and O–H groups in total. The molecule has 12 heavy (non-hydrogen) atoms. The van der Waals surface area contributed by atoms with Crippen LogP contribution in [0.5, 0.6) is 0 Å². The maximum atomic E-state index is 10.1. The van der Waals surface area contributed by atoms with Gasteiger partial charge in [0.1, 0.15) is 0 Å². The van der Waals surface area contributed by atoms with Crippen molar-refractivity contribution in [3.63, 3.8) is 0 Å². The first-order valence-corrected chi connectivity index (χ1v) is 4.73. The molecule has 1 amide bonds. The van der Waals surface area contributed by atoms with Crippen LogP contribution in [0.15, 0.2) is 0 Å². The Bertz CT molecular complexity index is 132. The highest BCUT2D eigenvalue weighted by Gasteiger charge is 2.14. The van der Waals surface area contributed by atoms with Crippen LogP contribution in [-0.4, -0.2) is 25.5 Å². The Kier molecular flexibility index (Phi) is 4.08. The van der Waals surface area contributed by atoms with Crippen LogP contribution in [-0.2, 0) is 4.79 Å². The van der Waals surface area contributed by atoms with E-state index in [-0.39, 0.29) is 0 Å². The Balaban J connectivity index is 2.03. The van der Waals surface area contributed by atoms with Gasteiger partial charge in [-0.3, -0.25) is 4.79 Å². The first-order chi connectivity index (χ1) is 5.83. The third-order valence-electron chi connectivity index (χ3n) is 2.52. The van der Waals surface area contributed by atoms with Crippen LogP contribution in [0.25, 0.3) is 0 Å². The fraction of sp³-hybridized carbons (Fsp3) is 0.889. The standard InChI is InChI=1S/C9H18N2O/c1-8(11-7-12)2-3-9-4-5-10-6-9/h7-10H,2-6H2,1H3,(H,11,12). The Morgan fingerprint density at radius 1 is 1.75 bits per heavy atom. The number of carbonyl (C=O) groups excluding carboxylic acids is 1. The van der Waals surface area contributed by atoms with Gasteiger partial charge in [-0.05, 0) is 45.2 Å². The summed E-state index contributed by atoms with van der Waals surface area (Å²) >= 11 is 0. The number of rotatable bonds is 5. The van der Waals surface area contributed by atoms with Crippen LogP contribution < -0.4 is 10.6 Å². The van der Waals surface area contributed by atoms with Crippen molar-refractivity contribution < 1.29 is 4.79 Å².